The molecule has 5 heteroatoms. The average molecular weight is 438 g/mol. The molecule has 3 aromatic carbocycles. The van der Waals surface area contributed by atoms with E-state index in [4.69, 9.17) is 21.1 Å². The van der Waals surface area contributed by atoms with Gasteiger partial charge in [-0.2, -0.15) is 0 Å². The number of rotatable bonds is 7. The van der Waals surface area contributed by atoms with E-state index in [1.807, 2.05) is 78.9 Å². The molecular weight excluding hydrogens is 410 g/mol. The molecular formula is C26H28ClNO3. The largest absolute Gasteiger partial charge is 0.497 e. The molecule has 0 aliphatic carbocycles. The fourth-order valence-corrected chi connectivity index (χ4v) is 4.45. The van der Waals surface area contributed by atoms with Crippen LogP contribution in [0.2, 0.25) is 5.02 Å². The zero-order valence-corrected chi connectivity index (χ0v) is 18.5. The Kier molecular flexibility index (Phi) is 6.93. The van der Waals surface area contributed by atoms with E-state index in [0.717, 1.165) is 35.5 Å². The van der Waals surface area contributed by atoms with Gasteiger partial charge < -0.3 is 14.6 Å². The lowest BCUT2D eigenvalue weighted by Crippen LogP contribution is -2.45. The quantitative estimate of drug-likeness (QED) is 0.581. The smallest absolute Gasteiger partial charge is 0.123 e. The van der Waals surface area contributed by atoms with Crippen LogP contribution < -0.4 is 4.74 Å². The monoisotopic (exact) mass is 437 g/mol. The molecule has 162 valence electrons. The highest BCUT2D eigenvalue weighted by Gasteiger charge is 2.42. The van der Waals surface area contributed by atoms with Crippen molar-refractivity contribution in [2.75, 3.05) is 40.0 Å². The molecule has 4 rings (SSSR count). The Morgan fingerprint density at radius 3 is 2.16 bits per heavy atom. The Morgan fingerprint density at radius 1 is 0.935 bits per heavy atom. The summed E-state index contributed by atoms with van der Waals surface area (Å²) in [5, 5.41) is 13.2. The van der Waals surface area contributed by atoms with Crippen LogP contribution in [0.25, 0.3) is 0 Å². The highest BCUT2D eigenvalue weighted by molar-refractivity contribution is 6.30. The highest BCUT2D eigenvalue weighted by atomic mass is 35.5. The molecule has 2 atom stereocenters. The summed E-state index contributed by atoms with van der Waals surface area (Å²) in [5.41, 5.74) is 1.48. The zero-order valence-electron chi connectivity index (χ0n) is 17.7. The number of nitrogens with zero attached hydrogens (tertiary/aromatic N) is 1. The molecule has 0 spiro atoms. The van der Waals surface area contributed by atoms with Crippen molar-refractivity contribution in [1.29, 1.82) is 0 Å². The summed E-state index contributed by atoms with van der Waals surface area (Å²) in [4.78, 5) is 2.36. The van der Waals surface area contributed by atoms with Crippen molar-refractivity contribution < 1.29 is 14.6 Å². The number of ether oxygens (including phenoxy) is 2. The predicted octanol–water partition coefficient (Wildman–Crippen LogP) is 4.70. The second-order valence-corrected chi connectivity index (χ2v) is 8.31. The van der Waals surface area contributed by atoms with Crippen LogP contribution in [0.3, 0.4) is 0 Å². The summed E-state index contributed by atoms with van der Waals surface area (Å²) < 4.78 is 10.9. The van der Waals surface area contributed by atoms with Crippen molar-refractivity contribution in [1.82, 2.24) is 4.90 Å². The van der Waals surface area contributed by atoms with Gasteiger partial charge in [0.05, 0.1) is 20.3 Å². The summed E-state index contributed by atoms with van der Waals surface area (Å²) in [6.45, 7) is 3.80. The third kappa shape index (κ3) is 4.78. The van der Waals surface area contributed by atoms with Crippen molar-refractivity contribution >= 4 is 11.6 Å². The number of morpholine rings is 1. The minimum atomic E-state index is -1.24. The number of aliphatic hydroxyl groups is 1. The lowest BCUT2D eigenvalue weighted by atomic mass is 9.72. The van der Waals surface area contributed by atoms with Crippen LogP contribution in [0.15, 0.2) is 78.9 Å². The van der Waals surface area contributed by atoms with Crippen LogP contribution in [0.4, 0.5) is 0 Å². The second-order valence-electron chi connectivity index (χ2n) is 7.88. The van der Waals surface area contributed by atoms with Gasteiger partial charge in [-0.05, 0) is 41.0 Å². The summed E-state index contributed by atoms with van der Waals surface area (Å²) in [5.74, 6) is 0.550. The van der Waals surface area contributed by atoms with Gasteiger partial charge >= 0.3 is 0 Å². The fraction of sp³-hybridized carbons (Fsp3) is 0.308. The first-order chi connectivity index (χ1) is 15.1. The molecule has 31 heavy (non-hydrogen) atoms. The van der Waals surface area contributed by atoms with Gasteiger partial charge in [-0.15, -0.1) is 0 Å². The van der Waals surface area contributed by atoms with Crippen molar-refractivity contribution in [2.45, 2.75) is 11.5 Å². The fourth-order valence-electron chi connectivity index (χ4n) is 4.32. The Balaban J connectivity index is 1.84. The summed E-state index contributed by atoms with van der Waals surface area (Å²) in [7, 11) is 1.65. The van der Waals surface area contributed by atoms with Crippen molar-refractivity contribution in [2.24, 2.45) is 0 Å². The molecule has 1 heterocycles. The predicted molar refractivity (Wildman–Crippen MR) is 124 cm³/mol. The number of benzene rings is 3. The van der Waals surface area contributed by atoms with Gasteiger partial charge in [0.15, 0.2) is 0 Å². The highest BCUT2D eigenvalue weighted by Crippen LogP contribution is 2.43. The third-order valence-electron chi connectivity index (χ3n) is 6.07. The van der Waals surface area contributed by atoms with E-state index >= 15 is 0 Å². The first-order valence-corrected chi connectivity index (χ1v) is 11.0. The number of hydrogen-bond acceptors (Lipinski definition) is 4. The van der Waals surface area contributed by atoms with Gasteiger partial charge in [0, 0.05) is 30.6 Å². The topological polar surface area (TPSA) is 41.9 Å². The molecule has 2 unspecified atom stereocenters. The number of halogens is 1. The maximum atomic E-state index is 12.5. The lowest BCUT2D eigenvalue weighted by molar-refractivity contribution is 0.000753. The molecule has 1 saturated heterocycles. The molecule has 1 aliphatic heterocycles. The number of hydrogen-bond donors (Lipinski definition) is 1. The summed E-state index contributed by atoms with van der Waals surface area (Å²) in [6.07, 6.45) is 0. The van der Waals surface area contributed by atoms with Gasteiger partial charge in [-0.25, -0.2) is 0 Å². The maximum Gasteiger partial charge on any atom is 0.123 e. The molecule has 1 N–H and O–H groups in total. The Labute approximate surface area is 189 Å². The van der Waals surface area contributed by atoms with E-state index in [-0.39, 0.29) is 5.92 Å². The first-order valence-electron chi connectivity index (χ1n) is 10.6. The van der Waals surface area contributed by atoms with Crippen molar-refractivity contribution in [3.05, 3.63) is 101 Å². The van der Waals surface area contributed by atoms with E-state index in [2.05, 4.69) is 4.90 Å². The molecule has 3 aromatic rings. The van der Waals surface area contributed by atoms with Crippen LogP contribution in [-0.2, 0) is 10.3 Å². The SMILES string of the molecule is COc1ccc(C(O)(c2ccccc2)C(CN2CCOCC2)c2ccc(Cl)cc2)cc1. The Hall–Kier alpha value is -2.37. The van der Waals surface area contributed by atoms with Crippen LogP contribution in [0, 0.1) is 0 Å². The van der Waals surface area contributed by atoms with Gasteiger partial charge in [-0.1, -0.05) is 66.2 Å². The van der Waals surface area contributed by atoms with Gasteiger partial charge in [0.25, 0.3) is 0 Å². The van der Waals surface area contributed by atoms with E-state index in [1.54, 1.807) is 7.11 Å². The normalized spacial score (nSPS) is 17.6. The molecule has 0 saturated carbocycles. The maximum absolute atomic E-state index is 12.5. The van der Waals surface area contributed by atoms with Crippen LogP contribution in [0.1, 0.15) is 22.6 Å². The minimum absolute atomic E-state index is 0.210. The minimum Gasteiger partial charge on any atom is -0.497 e. The molecule has 0 bridgehead atoms. The summed E-state index contributed by atoms with van der Waals surface area (Å²) in [6, 6.07) is 25.4. The second kappa shape index (κ2) is 9.84. The van der Waals surface area contributed by atoms with Crippen LogP contribution >= 0.6 is 11.6 Å². The molecule has 1 aliphatic rings. The molecule has 0 aromatic heterocycles. The van der Waals surface area contributed by atoms with E-state index in [0.29, 0.717) is 24.8 Å². The van der Waals surface area contributed by atoms with Gasteiger partial charge in [-0.3, -0.25) is 4.90 Å². The van der Waals surface area contributed by atoms with Crippen molar-refractivity contribution in [3.63, 3.8) is 0 Å². The van der Waals surface area contributed by atoms with Gasteiger partial charge in [0.1, 0.15) is 11.4 Å². The van der Waals surface area contributed by atoms with Gasteiger partial charge in [0.2, 0.25) is 0 Å². The molecule has 0 amide bonds. The van der Waals surface area contributed by atoms with E-state index < -0.39 is 5.60 Å². The molecule has 0 radical (unpaired) electrons. The summed E-state index contributed by atoms with van der Waals surface area (Å²) >= 11 is 6.19. The Bertz CT molecular complexity index is 956. The van der Waals surface area contributed by atoms with Crippen LogP contribution in [0.5, 0.6) is 5.75 Å². The molecule has 1 fully saturated rings. The standard InChI is InChI=1S/C26H28ClNO3/c1-30-24-13-9-22(10-14-24)26(29,21-5-3-2-4-6-21)25(19-28-15-17-31-18-16-28)20-7-11-23(27)12-8-20/h2-14,25,29H,15-19H2,1H3. The third-order valence-corrected chi connectivity index (χ3v) is 6.32. The lowest BCUT2D eigenvalue weighted by Gasteiger charge is -2.41. The zero-order chi connectivity index (χ0) is 21.7. The van der Waals surface area contributed by atoms with Crippen LogP contribution in [-0.4, -0.2) is 50.0 Å². The van der Waals surface area contributed by atoms with Crippen molar-refractivity contribution in [3.8, 4) is 5.75 Å². The Morgan fingerprint density at radius 2 is 1.55 bits per heavy atom. The number of methoxy groups -OCH3 is 1. The molecule has 4 nitrogen and oxygen atoms in total. The average Bonchev–Trinajstić information content (AvgIpc) is 2.84. The first kappa shape index (κ1) is 21.8. The van der Waals surface area contributed by atoms with E-state index in [9.17, 15) is 5.11 Å². The van der Waals surface area contributed by atoms with E-state index in [1.165, 1.54) is 0 Å².